The Labute approximate surface area is 139 Å². The molecule has 4 N–H and O–H groups in total. The summed E-state index contributed by atoms with van der Waals surface area (Å²) >= 11 is 0. The topological polar surface area (TPSA) is 52.0 Å². The fourth-order valence-corrected chi connectivity index (χ4v) is 3.92. The molecule has 0 unspecified atom stereocenters. The Morgan fingerprint density at radius 3 is 2.00 bits per heavy atom. The van der Waals surface area contributed by atoms with E-state index >= 15 is 0 Å². The van der Waals surface area contributed by atoms with Crippen LogP contribution in [0.2, 0.25) is 0 Å². The van der Waals surface area contributed by atoms with Crippen molar-refractivity contribution in [1.82, 2.24) is 0 Å². The van der Waals surface area contributed by atoms with E-state index in [1.165, 1.54) is 42.4 Å². The third-order valence-corrected chi connectivity index (χ3v) is 5.27. The van der Waals surface area contributed by atoms with Gasteiger partial charge in [-0.25, -0.2) is 0 Å². The Morgan fingerprint density at radius 1 is 0.826 bits per heavy atom. The highest BCUT2D eigenvalue weighted by Crippen LogP contribution is 2.37. The molecule has 23 heavy (non-hydrogen) atoms. The lowest BCUT2D eigenvalue weighted by atomic mass is 9.76. The number of hydrogen-bond donors (Lipinski definition) is 2. The predicted octanol–water partition coefficient (Wildman–Crippen LogP) is 4.93. The molecule has 0 amide bonds. The number of hydrogen-bond acceptors (Lipinski definition) is 2. The van der Waals surface area contributed by atoms with Gasteiger partial charge in [-0.2, -0.15) is 0 Å². The Balaban J connectivity index is 1.57. The van der Waals surface area contributed by atoms with Crippen molar-refractivity contribution in [3.63, 3.8) is 0 Å². The predicted molar refractivity (Wildman–Crippen MR) is 99.5 cm³/mol. The zero-order chi connectivity index (χ0) is 16.2. The van der Waals surface area contributed by atoms with Crippen molar-refractivity contribution in [2.45, 2.75) is 51.4 Å². The third-order valence-electron chi connectivity index (χ3n) is 5.27. The summed E-state index contributed by atoms with van der Waals surface area (Å²) in [6.45, 7) is 2.21. The molecule has 0 atom stereocenters. The largest absolute Gasteiger partial charge is 0.399 e. The number of aryl methyl sites for hydroxylation is 1. The summed E-state index contributed by atoms with van der Waals surface area (Å²) in [5.74, 6) is 1.51. The SMILES string of the molecule is CCc1ccc(C2CCC(Cc3cc(N)cc(N)c3)CC2)cc1. The van der Waals surface area contributed by atoms with Crippen molar-refractivity contribution in [3.05, 3.63) is 59.2 Å². The zero-order valence-corrected chi connectivity index (χ0v) is 14.1. The molecule has 0 radical (unpaired) electrons. The molecule has 1 aliphatic carbocycles. The van der Waals surface area contributed by atoms with Crippen LogP contribution >= 0.6 is 0 Å². The summed E-state index contributed by atoms with van der Waals surface area (Å²) in [5, 5.41) is 0. The van der Waals surface area contributed by atoms with Crippen LogP contribution in [0.25, 0.3) is 0 Å². The van der Waals surface area contributed by atoms with E-state index in [1.54, 1.807) is 0 Å². The highest BCUT2D eigenvalue weighted by atomic mass is 14.6. The van der Waals surface area contributed by atoms with Crippen LogP contribution in [-0.4, -0.2) is 0 Å². The van der Waals surface area contributed by atoms with Crippen LogP contribution in [0.15, 0.2) is 42.5 Å². The lowest BCUT2D eigenvalue weighted by molar-refractivity contribution is 0.324. The quantitative estimate of drug-likeness (QED) is 0.787. The highest BCUT2D eigenvalue weighted by Gasteiger charge is 2.22. The molecule has 1 fully saturated rings. The van der Waals surface area contributed by atoms with Crippen molar-refractivity contribution >= 4 is 11.4 Å². The number of nitrogen functional groups attached to an aromatic ring is 2. The van der Waals surface area contributed by atoms with Gasteiger partial charge in [-0.15, -0.1) is 0 Å². The summed E-state index contributed by atoms with van der Waals surface area (Å²) < 4.78 is 0. The van der Waals surface area contributed by atoms with Crippen LogP contribution in [0.5, 0.6) is 0 Å². The van der Waals surface area contributed by atoms with E-state index in [2.05, 4.69) is 43.3 Å². The minimum Gasteiger partial charge on any atom is -0.399 e. The maximum atomic E-state index is 5.91. The van der Waals surface area contributed by atoms with E-state index in [0.29, 0.717) is 0 Å². The van der Waals surface area contributed by atoms with E-state index in [1.807, 2.05) is 6.07 Å². The Morgan fingerprint density at radius 2 is 1.43 bits per heavy atom. The van der Waals surface area contributed by atoms with Gasteiger partial charge in [0.25, 0.3) is 0 Å². The fourth-order valence-electron chi connectivity index (χ4n) is 3.92. The van der Waals surface area contributed by atoms with Gasteiger partial charge in [0, 0.05) is 11.4 Å². The molecule has 0 heterocycles. The number of benzene rings is 2. The Kier molecular flexibility index (Phi) is 4.90. The van der Waals surface area contributed by atoms with Gasteiger partial charge < -0.3 is 11.5 Å². The average Bonchev–Trinajstić information content (AvgIpc) is 2.55. The molecule has 0 aromatic heterocycles. The van der Waals surface area contributed by atoms with Crippen molar-refractivity contribution in [1.29, 1.82) is 0 Å². The monoisotopic (exact) mass is 308 g/mol. The number of rotatable bonds is 4. The molecule has 3 rings (SSSR count). The molecule has 0 aliphatic heterocycles. The standard InChI is InChI=1S/C21H28N2/c1-2-15-3-7-18(8-4-15)19-9-5-16(6-10-19)11-17-12-20(22)14-21(23)13-17/h3-4,7-8,12-14,16,19H,2,5-6,9-11,22-23H2,1H3. The minimum atomic E-state index is 0.739. The van der Waals surface area contributed by atoms with Crippen molar-refractivity contribution in [2.75, 3.05) is 11.5 Å². The van der Waals surface area contributed by atoms with Gasteiger partial charge in [0.15, 0.2) is 0 Å². The normalized spacial score (nSPS) is 21.3. The first-order chi connectivity index (χ1) is 11.1. The molecular formula is C21H28N2. The number of anilines is 2. The van der Waals surface area contributed by atoms with E-state index in [-0.39, 0.29) is 0 Å². The smallest absolute Gasteiger partial charge is 0.0337 e. The molecular weight excluding hydrogens is 280 g/mol. The van der Waals surface area contributed by atoms with Gasteiger partial charge in [-0.3, -0.25) is 0 Å². The molecule has 2 heteroatoms. The summed E-state index contributed by atoms with van der Waals surface area (Å²) in [6.07, 6.45) is 7.43. The Bertz CT molecular complexity index is 617. The molecule has 122 valence electrons. The molecule has 1 aliphatic rings. The first-order valence-corrected chi connectivity index (χ1v) is 8.87. The lowest BCUT2D eigenvalue weighted by Gasteiger charge is -2.29. The molecule has 0 spiro atoms. The number of nitrogens with two attached hydrogens (primary N) is 2. The van der Waals surface area contributed by atoms with Crippen molar-refractivity contribution in [3.8, 4) is 0 Å². The van der Waals surface area contributed by atoms with Gasteiger partial charge in [-0.05, 0) is 85.3 Å². The molecule has 0 saturated heterocycles. The first-order valence-electron chi connectivity index (χ1n) is 8.87. The minimum absolute atomic E-state index is 0.739. The second kappa shape index (κ2) is 7.08. The summed E-state index contributed by atoms with van der Waals surface area (Å²) in [7, 11) is 0. The van der Waals surface area contributed by atoms with Crippen LogP contribution in [0, 0.1) is 5.92 Å². The second-order valence-electron chi connectivity index (χ2n) is 7.02. The van der Waals surface area contributed by atoms with Gasteiger partial charge >= 0.3 is 0 Å². The second-order valence-corrected chi connectivity index (χ2v) is 7.02. The Hall–Kier alpha value is -1.96. The van der Waals surface area contributed by atoms with E-state index in [9.17, 15) is 0 Å². The summed E-state index contributed by atoms with van der Waals surface area (Å²) in [5.41, 5.74) is 17.6. The maximum absolute atomic E-state index is 5.91. The first kappa shape index (κ1) is 15.9. The molecule has 2 aromatic rings. The van der Waals surface area contributed by atoms with Crippen LogP contribution in [0.4, 0.5) is 11.4 Å². The molecule has 2 nitrogen and oxygen atoms in total. The van der Waals surface area contributed by atoms with Crippen LogP contribution in [0.3, 0.4) is 0 Å². The third kappa shape index (κ3) is 4.07. The lowest BCUT2D eigenvalue weighted by Crippen LogP contribution is -2.15. The van der Waals surface area contributed by atoms with Gasteiger partial charge in [-0.1, -0.05) is 31.2 Å². The van der Waals surface area contributed by atoms with Crippen molar-refractivity contribution < 1.29 is 0 Å². The summed E-state index contributed by atoms with van der Waals surface area (Å²) in [6, 6.07) is 15.2. The molecule has 0 bridgehead atoms. The average molecular weight is 308 g/mol. The highest BCUT2D eigenvalue weighted by molar-refractivity contribution is 5.54. The van der Waals surface area contributed by atoms with E-state index in [4.69, 9.17) is 11.5 Å². The van der Waals surface area contributed by atoms with Crippen molar-refractivity contribution in [2.24, 2.45) is 5.92 Å². The van der Waals surface area contributed by atoms with E-state index in [0.717, 1.165) is 36.1 Å². The van der Waals surface area contributed by atoms with E-state index < -0.39 is 0 Å². The van der Waals surface area contributed by atoms with Gasteiger partial charge in [0.2, 0.25) is 0 Å². The van der Waals surface area contributed by atoms with Crippen LogP contribution in [0.1, 0.15) is 55.2 Å². The van der Waals surface area contributed by atoms with Gasteiger partial charge in [0.1, 0.15) is 0 Å². The molecule has 1 saturated carbocycles. The zero-order valence-electron chi connectivity index (χ0n) is 14.1. The van der Waals surface area contributed by atoms with Crippen LogP contribution in [-0.2, 0) is 12.8 Å². The van der Waals surface area contributed by atoms with Gasteiger partial charge in [0.05, 0.1) is 0 Å². The summed E-state index contributed by atoms with van der Waals surface area (Å²) in [4.78, 5) is 0. The van der Waals surface area contributed by atoms with Crippen LogP contribution < -0.4 is 11.5 Å². The molecule has 2 aromatic carbocycles. The maximum Gasteiger partial charge on any atom is 0.0337 e. The fraction of sp³-hybridized carbons (Fsp3) is 0.429.